The minimum Gasteiger partial charge on any atom is -0.508 e. The number of aromatic amines is 1. The molecule has 0 saturated carbocycles. The van der Waals surface area contributed by atoms with E-state index in [1.165, 1.54) is 12.1 Å². The number of pyridine rings is 1. The second kappa shape index (κ2) is 6.77. The molecule has 7 heteroatoms. The fraction of sp³-hybridized carbons (Fsp3) is 0.143. The molecule has 1 aromatic heterocycles. The van der Waals surface area contributed by atoms with Crippen LogP contribution in [0, 0.1) is 0 Å². The molecule has 142 valence electrons. The summed E-state index contributed by atoms with van der Waals surface area (Å²) in [7, 11) is 0. The van der Waals surface area contributed by atoms with Crippen molar-refractivity contribution in [3.05, 3.63) is 81.5 Å². The number of fused-ring (bicyclic) bond motifs is 3. The van der Waals surface area contributed by atoms with E-state index >= 15 is 0 Å². The van der Waals surface area contributed by atoms with Gasteiger partial charge in [0.2, 0.25) is 5.88 Å². The van der Waals surface area contributed by atoms with Crippen molar-refractivity contribution in [1.82, 2.24) is 4.98 Å². The Morgan fingerprint density at radius 3 is 2.79 bits per heavy atom. The number of phenolic OH excluding ortho intramolecular Hbond substituents is 1. The van der Waals surface area contributed by atoms with Crippen molar-refractivity contribution in [3.63, 3.8) is 0 Å². The van der Waals surface area contributed by atoms with Crippen LogP contribution in [0.25, 0.3) is 10.9 Å². The van der Waals surface area contributed by atoms with Crippen LogP contribution in [0.2, 0.25) is 0 Å². The van der Waals surface area contributed by atoms with Crippen molar-refractivity contribution < 1.29 is 19.4 Å². The summed E-state index contributed by atoms with van der Waals surface area (Å²) in [5.74, 6) is -1.35. The minimum atomic E-state index is -0.844. The summed E-state index contributed by atoms with van der Waals surface area (Å²) in [6, 6.07) is 13.5. The number of para-hydroxylation sites is 1. The standard InChI is InChI=1S/C21H18N2O5/c1-2-27-21(26)17-15(11-6-5-7-12(24)10-11)16-18(28-19(17)22)13-8-3-4-9-14(13)23-20(16)25/h3-10,15,24H,2,22H2,1H3,(H,23,25)/t15-/m1/s1. The van der Waals surface area contributed by atoms with E-state index in [1.807, 2.05) is 6.07 Å². The van der Waals surface area contributed by atoms with Crippen molar-refractivity contribution in [3.8, 4) is 11.5 Å². The second-order valence-electron chi connectivity index (χ2n) is 6.37. The summed E-state index contributed by atoms with van der Waals surface area (Å²) in [4.78, 5) is 28.4. The van der Waals surface area contributed by atoms with E-state index in [2.05, 4.69) is 4.98 Å². The molecule has 2 aromatic carbocycles. The summed E-state index contributed by atoms with van der Waals surface area (Å²) >= 11 is 0. The van der Waals surface area contributed by atoms with Gasteiger partial charge in [0.15, 0.2) is 0 Å². The number of aromatic hydroxyl groups is 1. The third kappa shape index (κ3) is 2.77. The van der Waals surface area contributed by atoms with Gasteiger partial charge in [-0.2, -0.15) is 0 Å². The highest BCUT2D eigenvalue weighted by molar-refractivity contribution is 5.95. The number of H-pyrrole nitrogens is 1. The molecule has 28 heavy (non-hydrogen) atoms. The molecule has 0 radical (unpaired) electrons. The van der Waals surface area contributed by atoms with E-state index in [4.69, 9.17) is 15.2 Å². The highest BCUT2D eigenvalue weighted by Gasteiger charge is 2.38. The van der Waals surface area contributed by atoms with Crippen molar-refractivity contribution >= 4 is 16.9 Å². The normalized spacial score (nSPS) is 15.8. The number of rotatable bonds is 3. The van der Waals surface area contributed by atoms with Gasteiger partial charge in [0.05, 0.1) is 23.6 Å². The number of carbonyl (C=O) groups excluding carboxylic acids is 1. The quantitative estimate of drug-likeness (QED) is 0.603. The monoisotopic (exact) mass is 378 g/mol. The number of nitrogens with one attached hydrogen (secondary N) is 1. The first kappa shape index (κ1) is 17.7. The van der Waals surface area contributed by atoms with E-state index < -0.39 is 17.4 Å². The summed E-state index contributed by atoms with van der Waals surface area (Å²) in [6.07, 6.45) is 0. The zero-order valence-corrected chi connectivity index (χ0v) is 15.1. The fourth-order valence-corrected chi connectivity index (χ4v) is 3.52. The third-order valence-electron chi connectivity index (χ3n) is 4.66. The number of benzene rings is 2. The largest absolute Gasteiger partial charge is 0.508 e. The van der Waals surface area contributed by atoms with Gasteiger partial charge in [-0.3, -0.25) is 4.79 Å². The Morgan fingerprint density at radius 2 is 2.04 bits per heavy atom. The van der Waals surface area contributed by atoms with Crippen LogP contribution in [-0.2, 0) is 9.53 Å². The van der Waals surface area contributed by atoms with Crippen molar-refractivity contribution in [2.45, 2.75) is 12.8 Å². The number of esters is 1. The van der Waals surface area contributed by atoms with Gasteiger partial charge in [0.1, 0.15) is 17.1 Å². The van der Waals surface area contributed by atoms with Gasteiger partial charge in [-0.05, 0) is 36.8 Å². The molecule has 0 bridgehead atoms. The summed E-state index contributed by atoms with van der Waals surface area (Å²) in [5.41, 5.74) is 7.09. The lowest BCUT2D eigenvalue weighted by molar-refractivity contribution is -0.139. The van der Waals surface area contributed by atoms with Gasteiger partial charge in [0.25, 0.3) is 5.56 Å². The summed E-state index contributed by atoms with van der Waals surface area (Å²) in [6.45, 7) is 1.82. The van der Waals surface area contributed by atoms with Gasteiger partial charge in [0, 0.05) is 5.39 Å². The maximum Gasteiger partial charge on any atom is 0.340 e. The average molecular weight is 378 g/mol. The van der Waals surface area contributed by atoms with Crippen LogP contribution in [0.3, 0.4) is 0 Å². The fourth-order valence-electron chi connectivity index (χ4n) is 3.52. The number of hydrogen-bond acceptors (Lipinski definition) is 6. The predicted molar refractivity (Wildman–Crippen MR) is 103 cm³/mol. The number of aromatic nitrogens is 1. The third-order valence-corrected chi connectivity index (χ3v) is 4.66. The number of ether oxygens (including phenoxy) is 2. The van der Waals surface area contributed by atoms with Crippen LogP contribution in [0.1, 0.15) is 24.0 Å². The first-order valence-corrected chi connectivity index (χ1v) is 8.79. The molecule has 4 rings (SSSR count). The van der Waals surface area contributed by atoms with Gasteiger partial charge in [-0.25, -0.2) is 4.79 Å². The molecule has 2 heterocycles. The van der Waals surface area contributed by atoms with E-state index in [0.29, 0.717) is 22.2 Å². The lowest BCUT2D eigenvalue weighted by Crippen LogP contribution is -2.32. The molecular formula is C21H18N2O5. The van der Waals surface area contributed by atoms with Gasteiger partial charge < -0.3 is 25.3 Å². The summed E-state index contributed by atoms with van der Waals surface area (Å²) in [5, 5.41) is 10.6. The molecule has 1 aliphatic heterocycles. The smallest absolute Gasteiger partial charge is 0.340 e. The maximum atomic E-state index is 13.0. The van der Waals surface area contributed by atoms with Crippen molar-refractivity contribution in [2.24, 2.45) is 5.73 Å². The van der Waals surface area contributed by atoms with Crippen LogP contribution in [0.15, 0.2) is 64.8 Å². The first-order chi connectivity index (χ1) is 13.5. The number of phenols is 1. The Hall–Kier alpha value is -3.74. The Kier molecular flexibility index (Phi) is 4.27. The van der Waals surface area contributed by atoms with Crippen LogP contribution < -0.4 is 16.0 Å². The summed E-state index contributed by atoms with van der Waals surface area (Å²) < 4.78 is 10.9. The number of carbonyl (C=O) groups is 1. The Balaban J connectivity index is 2.05. The molecule has 0 aliphatic carbocycles. The zero-order valence-electron chi connectivity index (χ0n) is 15.1. The molecule has 4 N–H and O–H groups in total. The van der Waals surface area contributed by atoms with Crippen LogP contribution in [-0.4, -0.2) is 22.7 Å². The Bertz CT molecular complexity index is 1180. The molecule has 0 fully saturated rings. The molecule has 0 amide bonds. The van der Waals surface area contributed by atoms with Crippen molar-refractivity contribution in [1.29, 1.82) is 0 Å². The Labute approximate surface area is 160 Å². The topological polar surface area (TPSA) is 115 Å². The van der Waals surface area contributed by atoms with Crippen LogP contribution in [0.5, 0.6) is 11.5 Å². The van der Waals surface area contributed by atoms with Gasteiger partial charge in [-0.15, -0.1) is 0 Å². The number of hydrogen-bond donors (Lipinski definition) is 3. The first-order valence-electron chi connectivity index (χ1n) is 8.79. The number of nitrogens with two attached hydrogens (primary N) is 1. The molecule has 1 atom stereocenters. The molecular weight excluding hydrogens is 360 g/mol. The molecule has 3 aromatic rings. The molecule has 7 nitrogen and oxygen atoms in total. The van der Waals surface area contributed by atoms with Crippen LogP contribution >= 0.6 is 0 Å². The highest BCUT2D eigenvalue weighted by atomic mass is 16.5. The second-order valence-corrected chi connectivity index (χ2v) is 6.37. The molecule has 0 spiro atoms. The van der Waals surface area contributed by atoms with Crippen LogP contribution in [0.4, 0.5) is 0 Å². The zero-order chi connectivity index (χ0) is 19.8. The van der Waals surface area contributed by atoms with Gasteiger partial charge >= 0.3 is 5.97 Å². The molecule has 0 unspecified atom stereocenters. The predicted octanol–water partition coefficient (Wildman–Crippen LogP) is 2.49. The van der Waals surface area contributed by atoms with E-state index in [9.17, 15) is 14.7 Å². The van der Waals surface area contributed by atoms with Crippen molar-refractivity contribution in [2.75, 3.05) is 6.61 Å². The maximum absolute atomic E-state index is 13.0. The Morgan fingerprint density at radius 1 is 1.25 bits per heavy atom. The molecule has 0 saturated heterocycles. The van der Waals surface area contributed by atoms with E-state index in [1.54, 1.807) is 37.3 Å². The average Bonchev–Trinajstić information content (AvgIpc) is 2.67. The van der Waals surface area contributed by atoms with Gasteiger partial charge in [-0.1, -0.05) is 24.3 Å². The lowest BCUT2D eigenvalue weighted by Gasteiger charge is -2.28. The SMILES string of the molecule is CCOC(=O)C1=C(N)Oc2c(c(=O)[nH]c3ccccc23)[C@H]1c1cccc(O)c1. The molecule has 1 aliphatic rings. The highest BCUT2D eigenvalue weighted by Crippen LogP contribution is 2.44. The lowest BCUT2D eigenvalue weighted by atomic mass is 9.83. The van der Waals surface area contributed by atoms with E-state index in [0.717, 1.165) is 0 Å². The van der Waals surface area contributed by atoms with E-state index in [-0.39, 0.29) is 29.4 Å². The minimum absolute atomic E-state index is 0.00420.